The molecule has 0 spiro atoms. The van der Waals surface area contributed by atoms with Crippen LogP contribution in [0.4, 0.5) is 4.39 Å². The fourth-order valence-electron chi connectivity index (χ4n) is 1.98. The second-order valence-electron chi connectivity index (χ2n) is 4.68. The lowest BCUT2D eigenvalue weighted by Crippen LogP contribution is -2.11. The molecule has 1 aromatic heterocycles. The Balaban J connectivity index is 1.81. The summed E-state index contributed by atoms with van der Waals surface area (Å²) >= 11 is 10.9. The van der Waals surface area contributed by atoms with Crippen LogP contribution in [0, 0.1) is 5.82 Å². The number of benzene rings is 2. The van der Waals surface area contributed by atoms with Gasteiger partial charge in [0.25, 0.3) is 0 Å². The van der Waals surface area contributed by atoms with Crippen LogP contribution in [0.3, 0.4) is 0 Å². The number of hydrogen-bond acceptors (Lipinski definition) is 4. The van der Waals surface area contributed by atoms with E-state index in [0.717, 1.165) is 15.6 Å². The molecule has 118 valence electrons. The molecule has 0 fully saturated rings. The third-order valence-electron chi connectivity index (χ3n) is 3.15. The van der Waals surface area contributed by atoms with Gasteiger partial charge < -0.3 is 5.84 Å². The molecule has 3 aromatic rings. The highest BCUT2D eigenvalue weighted by atomic mass is 79.9. The summed E-state index contributed by atoms with van der Waals surface area (Å²) in [6.45, 7) is 0. The number of thioether (sulfide) groups is 1. The van der Waals surface area contributed by atoms with Crippen LogP contribution in [0.1, 0.15) is 5.56 Å². The molecule has 4 nitrogen and oxygen atoms in total. The van der Waals surface area contributed by atoms with Crippen LogP contribution in [0.2, 0.25) is 5.02 Å². The molecule has 1 heterocycles. The van der Waals surface area contributed by atoms with Crippen LogP contribution in [-0.4, -0.2) is 14.9 Å². The van der Waals surface area contributed by atoms with E-state index in [0.29, 0.717) is 21.8 Å². The van der Waals surface area contributed by atoms with Crippen molar-refractivity contribution >= 4 is 39.3 Å². The van der Waals surface area contributed by atoms with Gasteiger partial charge in [0, 0.05) is 20.8 Å². The molecule has 0 bridgehead atoms. The van der Waals surface area contributed by atoms with Crippen LogP contribution >= 0.6 is 39.3 Å². The fourth-order valence-corrected chi connectivity index (χ4v) is 3.62. The van der Waals surface area contributed by atoms with Gasteiger partial charge in [0.1, 0.15) is 5.82 Å². The SMILES string of the molecule is Nn1c(SCc2ccc(F)cc2Cl)nnc1-c1ccccc1Br. The van der Waals surface area contributed by atoms with Crippen LogP contribution in [-0.2, 0) is 5.75 Å². The molecular formula is C15H11BrClFN4S. The average molecular weight is 414 g/mol. The van der Waals surface area contributed by atoms with Gasteiger partial charge in [0.15, 0.2) is 5.82 Å². The quantitative estimate of drug-likeness (QED) is 0.505. The molecule has 8 heteroatoms. The topological polar surface area (TPSA) is 56.7 Å². The van der Waals surface area contributed by atoms with Crippen molar-refractivity contribution in [2.24, 2.45) is 0 Å². The lowest BCUT2D eigenvalue weighted by atomic mass is 10.2. The van der Waals surface area contributed by atoms with E-state index >= 15 is 0 Å². The van der Waals surface area contributed by atoms with E-state index in [4.69, 9.17) is 17.4 Å². The van der Waals surface area contributed by atoms with Crippen molar-refractivity contribution in [1.29, 1.82) is 0 Å². The van der Waals surface area contributed by atoms with Gasteiger partial charge in [-0.2, -0.15) is 0 Å². The molecule has 0 aliphatic rings. The summed E-state index contributed by atoms with van der Waals surface area (Å²) in [5, 5.41) is 9.18. The summed E-state index contributed by atoms with van der Waals surface area (Å²) in [6.07, 6.45) is 0. The first kappa shape index (κ1) is 16.3. The highest BCUT2D eigenvalue weighted by Crippen LogP contribution is 2.30. The van der Waals surface area contributed by atoms with Crippen molar-refractivity contribution in [3.63, 3.8) is 0 Å². The van der Waals surface area contributed by atoms with Gasteiger partial charge in [-0.3, -0.25) is 0 Å². The van der Waals surface area contributed by atoms with E-state index in [1.165, 1.54) is 28.6 Å². The summed E-state index contributed by atoms with van der Waals surface area (Å²) in [5.74, 6) is 6.81. The Labute approximate surface area is 150 Å². The van der Waals surface area contributed by atoms with Crippen LogP contribution in [0.5, 0.6) is 0 Å². The first-order valence-electron chi connectivity index (χ1n) is 6.58. The van der Waals surface area contributed by atoms with Crippen molar-refractivity contribution < 1.29 is 4.39 Å². The van der Waals surface area contributed by atoms with Gasteiger partial charge in [0.2, 0.25) is 5.16 Å². The normalized spacial score (nSPS) is 10.9. The molecule has 0 radical (unpaired) electrons. The highest BCUT2D eigenvalue weighted by molar-refractivity contribution is 9.10. The van der Waals surface area contributed by atoms with Crippen molar-refractivity contribution in [3.05, 3.63) is 63.3 Å². The van der Waals surface area contributed by atoms with E-state index in [-0.39, 0.29) is 5.82 Å². The van der Waals surface area contributed by atoms with Crippen molar-refractivity contribution in [2.75, 3.05) is 5.84 Å². The van der Waals surface area contributed by atoms with E-state index in [9.17, 15) is 4.39 Å². The van der Waals surface area contributed by atoms with Gasteiger partial charge in [0.05, 0.1) is 0 Å². The van der Waals surface area contributed by atoms with E-state index in [1.54, 1.807) is 6.07 Å². The first-order chi connectivity index (χ1) is 11.1. The molecule has 0 amide bonds. The Morgan fingerprint density at radius 2 is 2.00 bits per heavy atom. The second kappa shape index (κ2) is 6.90. The number of hydrogen-bond donors (Lipinski definition) is 1. The predicted molar refractivity (Wildman–Crippen MR) is 94.3 cm³/mol. The highest BCUT2D eigenvalue weighted by Gasteiger charge is 2.14. The monoisotopic (exact) mass is 412 g/mol. The van der Waals surface area contributed by atoms with Gasteiger partial charge in [-0.25, -0.2) is 9.07 Å². The van der Waals surface area contributed by atoms with Gasteiger partial charge in [-0.1, -0.05) is 57.5 Å². The van der Waals surface area contributed by atoms with Crippen LogP contribution in [0.15, 0.2) is 52.1 Å². The van der Waals surface area contributed by atoms with Crippen molar-refractivity contribution in [2.45, 2.75) is 10.9 Å². The first-order valence-corrected chi connectivity index (χ1v) is 8.74. The third-order valence-corrected chi connectivity index (χ3v) is 5.19. The number of rotatable bonds is 4. The molecule has 0 aliphatic heterocycles. The molecule has 0 saturated carbocycles. The summed E-state index contributed by atoms with van der Waals surface area (Å²) in [4.78, 5) is 0. The van der Waals surface area contributed by atoms with Crippen molar-refractivity contribution in [1.82, 2.24) is 14.9 Å². The van der Waals surface area contributed by atoms with Gasteiger partial charge >= 0.3 is 0 Å². The minimum Gasteiger partial charge on any atom is -0.335 e. The van der Waals surface area contributed by atoms with Crippen molar-refractivity contribution in [3.8, 4) is 11.4 Å². The van der Waals surface area contributed by atoms with E-state index < -0.39 is 0 Å². The average Bonchev–Trinajstić information content (AvgIpc) is 2.88. The predicted octanol–water partition coefficient (Wildman–Crippen LogP) is 4.51. The maximum atomic E-state index is 13.1. The molecule has 23 heavy (non-hydrogen) atoms. The third kappa shape index (κ3) is 3.52. The zero-order valence-electron chi connectivity index (χ0n) is 11.7. The Kier molecular flexibility index (Phi) is 4.89. The fraction of sp³-hybridized carbons (Fsp3) is 0.0667. The Bertz CT molecular complexity index is 855. The smallest absolute Gasteiger partial charge is 0.210 e. The van der Waals surface area contributed by atoms with Crippen LogP contribution < -0.4 is 5.84 Å². The summed E-state index contributed by atoms with van der Waals surface area (Å²) in [7, 11) is 0. The molecule has 0 atom stereocenters. The number of nitrogens with two attached hydrogens (primary N) is 1. The summed E-state index contributed by atoms with van der Waals surface area (Å²) in [5.41, 5.74) is 1.66. The Morgan fingerprint density at radius 3 is 2.74 bits per heavy atom. The minimum atomic E-state index is -0.359. The minimum absolute atomic E-state index is 0.359. The van der Waals surface area contributed by atoms with E-state index in [1.807, 2.05) is 24.3 Å². The lowest BCUT2D eigenvalue weighted by molar-refractivity contribution is 0.627. The molecule has 0 saturated heterocycles. The Hall–Kier alpha value is -1.57. The zero-order valence-corrected chi connectivity index (χ0v) is 14.9. The largest absolute Gasteiger partial charge is 0.335 e. The molecule has 0 unspecified atom stereocenters. The molecule has 3 rings (SSSR count). The molecule has 2 N–H and O–H groups in total. The van der Waals surface area contributed by atoms with E-state index in [2.05, 4.69) is 26.1 Å². The van der Waals surface area contributed by atoms with Crippen LogP contribution in [0.25, 0.3) is 11.4 Å². The number of nitrogen functional groups attached to an aromatic ring is 1. The number of halogens is 3. The standard InChI is InChI=1S/C15H11BrClFN4S/c16-12-4-2-1-3-11(12)14-20-21-15(22(14)19)23-8-9-5-6-10(18)7-13(9)17/h1-7H,8,19H2. The van der Waals surface area contributed by atoms with Gasteiger partial charge in [-0.15, -0.1) is 10.2 Å². The molecular weight excluding hydrogens is 403 g/mol. The lowest BCUT2D eigenvalue weighted by Gasteiger charge is -2.06. The number of nitrogens with zero attached hydrogens (tertiary/aromatic N) is 3. The summed E-state index contributed by atoms with van der Waals surface area (Å²) in [6, 6.07) is 11.9. The number of aromatic nitrogens is 3. The second-order valence-corrected chi connectivity index (χ2v) is 6.88. The Morgan fingerprint density at radius 1 is 1.22 bits per heavy atom. The molecule has 0 aliphatic carbocycles. The van der Waals surface area contributed by atoms with Gasteiger partial charge in [-0.05, 0) is 29.8 Å². The molecule has 2 aromatic carbocycles. The maximum absolute atomic E-state index is 13.1. The maximum Gasteiger partial charge on any atom is 0.210 e. The summed E-state index contributed by atoms with van der Waals surface area (Å²) < 4.78 is 15.4. The zero-order chi connectivity index (χ0) is 16.4.